The number of alkyl halides is 6. The Kier molecular flexibility index (Phi) is 5.27. The largest absolute Gasteiger partial charge is 0.416 e. The molecule has 0 aliphatic heterocycles. The Bertz CT molecular complexity index is 700. The molecule has 0 radical (unpaired) electrons. The van der Waals surface area contributed by atoms with Gasteiger partial charge in [-0.3, -0.25) is 0 Å². The van der Waals surface area contributed by atoms with Gasteiger partial charge in [0.25, 0.3) is 0 Å². The molecule has 2 rings (SSSR count). The first-order valence-corrected chi connectivity index (χ1v) is 9.99. The van der Waals surface area contributed by atoms with Crippen LogP contribution >= 0.6 is 28.4 Å². The van der Waals surface area contributed by atoms with Crippen LogP contribution < -0.4 is 0 Å². The summed E-state index contributed by atoms with van der Waals surface area (Å²) in [4.78, 5) is 0. The third-order valence-corrected chi connectivity index (χ3v) is 4.86. The monoisotopic (exact) mass is 468 g/mol. The van der Waals surface area contributed by atoms with Crippen molar-refractivity contribution in [3.8, 4) is 0 Å². The molecule has 0 saturated carbocycles. The van der Waals surface area contributed by atoms with Crippen LogP contribution in [0.25, 0.3) is 0 Å². The van der Waals surface area contributed by atoms with Crippen LogP contribution in [-0.4, -0.2) is 14.7 Å². The molecule has 0 fully saturated rings. The summed E-state index contributed by atoms with van der Waals surface area (Å²) in [5.41, 5.74) is -3.71. The number of benzene rings is 1. The highest BCUT2D eigenvalue weighted by atomic mass is 127. The van der Waals surface area contributed by atoms with E-state index in [4.69, 9.17) is 0 Å². The molecule has 2 unspecified atom stereocenters. The SMILES string of the molecule is OC(c1ccn(PI)n1)c1ccc(C(F)(F)F)cc1C(F)(F)F. The van der Waals surface area contributed by atoms with Crippen molar-refractivity contribution >= 4 is 28.4 Å². The molecular formula is C12H8F6IN2OP. The van der Waals surface area contributed by atoms with E-state index in [-0.39, 0.29) is 18.1 Å². The van der Waals surface area contributed by atoms with Crippen LogP contribution in [0, 0.1) is 0 Å². The molecule has 0 bridgehead atoms. The maximum atomic E-state index is 13.1. The molecule has 0 spiro atoms. The fourth-order valence-corrected chi connectivity index (χ4v) is 3.00. The van der Waals surface area contributed by atoms with E-state index >= 15 is 0 Å². The summed E-state index contributed by atoms with van der Waals surface area (Å²) < 4.78 is 78.4. The molecule has 23 heavy (non-hydrogen) atoms. The van der Waals surface area contributed by atoms with E-state index < -0.39 is 35.1 Å². The summed E-state index contributed by atoms with van der Waals surface area (Å²) in [7, 11) is 0. The van der Waals surface area contributed by atoms with Crippen molar-refractivity contribution in [3.05, 3.63) is 52.8 Å². The van der Waals surface area contributed by atoms with Crippen LogP contribution in [-0.2, 0) is 12.4 Å². The van der Waals surface area contributed by atoms with Gasteiger partial charge in [0.1, 0.15) is 6.10 Å². The second-order valence-corrected chi connectivity index (χ2v) is 6.54. The van der Waals surface area contributed by atoms with E-state index in [9.17, 15) is 31.4 Å². The molecule has 1 aromatic carbocycles. The first-order valence-electron chi connectivity index (χ1n) is 5.92. The van der Waals surface area contributed by atoms with Gasteiger partial charge in [-0.1, -0.05) is 6.07 Å². The molecule has 0 aliphatic rings. The Hall–Kier alpha value is -0.870. The van der Waals surface area contributed by atoms with Gasteiger partial charge in [-0.2, -0.15) is 31.4 Å². The second kappa shape index (κ2) is 6.56. The summed E-state index contributed by atoms with van der Waals surface area (Å²) >= 11 is 1.98. The van der Waals surface area contributed by atoms with Gasteiger partial charge in [-0.15, -0.1) is 0 Å². The van der Waals surface area contributed by atoms with Crippen molar-refractivity contribution in [1.82, 2.24) is 9.55 Å². The third kappa shape index (κ3) is 4.16. The van der Waals surface area contributed by atoms with Crippen molar-refractivity contribution in [1.29, 1.82) is 0 Å². The predicted molar refractivity (Wildman–Crippen MR) is 80.5 cm³/mol. The smallest absolute Gasteiger partial charge is 0.382 e. The zero-order chi connectivity index (χ0) is 17.4. The third-order valence-electron chi connectivity index (χ3n) is 2.96. The summed E-state index contributed by atoms with van der Waals surface area (Å²) in [6.45, 7) is 0. The lowest BCUT2D eigenvalue weighted by atomic mass is 9.97. The Balaban J connectivity index is 2.52. The average Bonchev–Trinajstić information content (AvgIpc) is 2.93. The summed E-state index contributed by atoms with van der Waals surface area (Å²) in [5.74, 6) is 0. The van der Waals surface area contributed by atoms with E-state index in [0.29, 0.717) is 12.1 Å². The quantitative estimate of drug-likeness (QED) is 0.400. The van der Waals surface area contributed by atoms with Crippen molar-refractivity contribution in [2.75, 3.05) is 0 Å². The standard InChI is InChI=1S/C12H8F6IN2OP/c13-11(14,15)6-1-2-7(8(5-6)12(16,17)18)10(22)9-3-4-21(20-9)23-19/h1-5,10,22-23H. The first-order chi connectivity index (χ1) is 10.5. The molecule has 0 saturated heterocycles. The molecule has 0 amide bonds. The fraction of sp³-hybridized carbons (Fsp3) is 0.250. The molecule has 0 aliphatic carbocycles. The Morgan fingerprint density at radius 3 is 2.22 bits per heavy atom. The minimum atomic E-state index is -5.04. The highest BCUT2D eigenvalue weighted by Crippen LogP contribution is 2.40. The van der Waals surface area contributed by atoms with Crippen molar-refractivity contribution in [2.45, 2.75) is 18.5 Å². The summed E-state index contributed by atoms with van der Waals surface area (Å²) in [6.07, 6.45) is -10.1. The molecule has 1 aromatic heterocycles. The van der Waals surface area contributed by atoms with Crippen molar-refractivity contribution < 1.29 is 31.4 Å². The van der Waals surface area contributed by atoms with E-state index in [1.54, 1.807) is 0 Å². The van der Waals surface area contributed by atoms with E-state index in [2.05, 4.69) is 5.10 Å². The second-order valence-electron chi connectivity index (χ2n) is 4.47. The Morgan fingerprint density at radius 2 is 1.74 bits per heavy atom. The minimum absolute atomic E-state index is 0.00434. The number of rotatable bonds is 3. The van der Waals surface area contributed by atoms with Crippen molar-refractivity contribution in [3.63, 3.8) is 0 Å². The van der Waals surface area contributed by atoms with Crippen LogP contribution in [0.3, 0.4) is 0 Å². The summed E-state index contributed by atoms with van der Waals surface area (Å²) in [5, 5.41) is 14.0. The van der Waals surface area contributed by atoms with Crippen LogP contribution in [0.2, 0.25) is 0 Å². The number of aliphatic hydroxyl groups excluding tert-OH is 1. The van der Waals surface area contributed by atoms with E-state index in [1.807, 2.05) is 22.0 Å². The van der Waals surface area contributed by atoms with E-state index in [1.165, 1.54) is 16.7 Å². The highest BCUT2D eigenvalue weighted by Gasteiger charge is 2.39. The lowest BCUT2D eigenvalue weighted by Crippen LogP contribution is -2.16. The topological polar surface area (TPSA) is 38.0 Å². The van der Waals surface area contributed by atoms with Gasteiger partial charge in [-0.05, 0) is 45.8 Å². The molecule has 1 N–H and O–H groups in total. The zero-order valence-corrected chi connectivity index (χ0v) is 14.1. The van der Waals surface area contributed by atoms with Gasteiger partial charge in [0.15, 0.2) is 0 Å². The van der Waals surface area contributed by atoms with Gasteiger partial charge in [0, 0.05) is 6.20 Å². The molecule has 11 heteroatoms. The Morgan fingerprint density at radius 1 is 1.09 bits per heavy atom. The van der Waals surface area contributed by atoms with Gasteiger partial charge >= 0.3 is 12.4 Å². The molecule has 3 nitrogen and oxygen atoms in total. The summed E-state index contributed by atoms with van der Waals surface area (Å²) in [6, 6.07) is 2.44. The zero-order valence-electron chi connectivity index (χ0n) is 11.0. The average molecular weight is 468 g/mol. The highest BCUT2D eigenvalue weighted by molar-refractivity contribution is 14.2. The predicted octanol–water partition coefficient (Wildman–Crippen LogP) is 4.79. The van der Waals surface area contributed by atoms with Gasteiger partial charge in [0.2, 0.25) is 0 Å². The minimum Gasteiger partial charge on any atom is -0.382 e. The molecular weight excluding hydrogens is 460 g/mol. The molecule has 2 aromatic rings. The number of hydrogen-bond donors (Lipinski definition) is 1. The van der Waals surface area contributed by atoms with Crippen LogP contribution in [0.15, 0.2) is 30.5 Å². The maximum absolute atomic E-state index is 13.1. The number of hydrogen-bond acceptors (Lipinski definition) is 2. The van der Waals surface area contributed by atoms with Crippen LogP contribution in [0.1, 0.15) is 28.5 Å². The van der Waals surface area contributed by atoms with Gasteiger partial charge in [-0.25, -0.2) is 4.45 Å². The lowest BCUT2D eigenvalue weighted by molar-refractivity contribution is -0.144. The van der Waals surface area contributed by atoms with Gasteiger partial charge in [0.05, 0.1) is 23.2 Å². The molecule has 1 heterocycles. The first kappa shape index (κ1) is 18.5. The van der Waals surface area contributed by atoms with Gasteiger partial charge < -0.3 is 5.11 Å². The number of aromatic nitrogens is 2. The number of nitrogens with zero attached hydrogens (tertiary/aromatic N) is 2. The normalized spacial score (nSPS) is 14.6. The molecule has 2 atom stereocenters. The molecule has 126 valence electrons. The van der Waals surface area contributed by atoms with E-state index in [0.717, 1.165) is 0 Å². The van der Waals surface area contributed by atoms with Crippen LogP contribution in [0.5, 0.6) is 0 Å². The Labute approximate surface area is 141 Å². The van der Waals surface area contributed by atoms with Crippen LogP contribution in [0.4, 0.5) is 26.3 Å². The number of halogens is 7. The fourth-order valence-electron chi connectivity index (χ4n) is 1.91. The van der Waals surface area contributed by atoms with Crippen molar-refractivity contribution in [2.24, 2.45) is 0 Å². The number of aliphatic hydroxyl groups is 1. The maximum Gasteiger partial charge on any atom is 0.416 e. The lowest BCUT2D eigenvalue weighted by Gasteiger charge is -2.18.